The van der Waals surface area contributed by atoms with Crippen LogP contribution in [0, 0.1) is 11.8 Å². The maximum atomic E-state index is 11.4. The first-order valence-corrected chi connectivity index (χ1v) is 8.75. The number of aromatic nitrogens is 2. The summed E-state index contributed by atoms with van der Waals surface area (Å²) < 4.78 is 6.65. The van der Waals surface area contributed by atoms with Crippen molar-refractivity contribution >= 4 is 34.4 Å². The molecule has 2 unspecified atom stereocenters. The minimum absolute atomic E-state index is 0.0101. The van der Waals surface area contributed by atoms with Gasteiger partial charge in [-0.25, -0.2) is 4.45 Å². The van der Waals surface area contributed by atoms with Gasteiger partial charge in [0.15, 0.2) is 0 Å². The van der Waals surface area contributed by atoms with Crippen molar-refractivity contribution in [1.29, 1.82) is 0 Å². The molecule has 2 rings (SSSR count). The smallest absolute Gasteiger partial charge is 0.309 e. The van der Waals surface area contributed by atoms with Crippen LogP contribution in [0.15, 0.2) is 12.3 Å². The summed E-state index contributed by atoms with van der Waals surface area (Å²) >= 11 is 2.28. The van der Waals surface area contributed by atoms with Gasteiger partial charge in [0.05, 0.1) is 25.1 Å². The molecule has 4 atom stereocenters. The number of rotatable bonds is 3. The predicted octanol–water partition coefficient (Wildman–Crippen LogP) is 2.20. The highest BCUT2D eigenvalue weighted by atomic mass is 127. The zero-order valence-corrected chi connectivity index (χ0v) is 11.6. The van der Waals surface area contributed by atoms with E-state index in [4.69, 9.17) is 4.74 Å². The van der Waals surface area contributed by atoms with Gasteiger partial charge in [-0.2, -0.15) is 5.10 Å². The summed E-state index contributed by atoms with van der Waals surface area (Å²) in [5.41, 5.74) is 1.02. The highest BCUT2D eigenvalue weighted by Crippen LogP contribution is 2.53. The SMILES string of the molecule is COC(=O)[C@H]1C(C)[C@@H]1c1ccn(PI)n1. The summed E-state index contributed by atoms with van der Waals surface area (Å²) in [4.78, 5) is 11.4. The first kappa shape index (κ1) is 11.3. The Morgan fingerprint density at radius 3 is 3.00 bits per heavy atom. The van der Waals surface area contributed by atoms with Crippen LogP contribution < -0.4 is 0 Å². The van der Waals surface area contributed by atoms with Gasteiger partial charge in [-0.15, -0.1) is 0 Å². The molecule has 0 saturated heterocycles. The number of nitrogens with zero attached hydrogens (tertiary/aromatic N) is 2. The molecular formula is C9H12IN2O2P. The highest BCUT2D eigenvalue weighted by molar-refractivity contribution is 14.2. The molecular weight excluding hydrogens is 326 g/mol. The first-order chi connectivity index (χ1) is 7.19. The quantitative estimate of drug-likeness (QED) is 0.482. The molecule has 0 aliphatic heterocycles. The van der Waals surface area contributed by atoms with Crippen LogP contribution in [0.3, 0.4) is 0 Å². The molecule has 1 aliphatic carbocycles. The second-order valence-electron chi connectivity index (χ2n) is 3.70. The molecule has 1 fully saturated rings. The van der Waals surface area contributed by atoms with Gasteiger partial charge in [-0.1, -0.05) is 6.92 Å². The van der Waals surface area contributed by atoms with Crippen LogP contribution in [0.2, 0.25) is 0 Å². The van der Waals surface area contributed by atoms with Crippen LogP contribution in [0.1, 0.15) is 18.5 Å². The average molecular weight is 338 g/mol. The summed E-state index contributed by atoms with van der Waals surface area (Å²) in [7, 11) is 1.44. The van der Waals surface area contributed by atoms with Crippen LogP contribution in [0.5, 0.6) is 0 Å². The van der Waals surface area contributed by atoms with Gasteiger partial charge in [-0.05, 0) is 34.0 Å². The summed E-state index contributed by atoms with van der Waals surface area (Å²) in [6, 6.07) is 2.00. The lowest BCUT2D eigenvalue weighted by molar-refractivity contribution is -0.142. The predicted molar refractivity (Wildman–Crippen MR) is 67.4 cm³/mol. The normalized spacial score (nSPS) is 29.7. The number of ether oxygens (including phenoxy) is 1. The molecule has 1 aliphatic rings. The van der Waals surface area contributed by atoms with Crippen molar-refractivity contribution < 1.29 is 9.53 Å². The van der Waals surface area contributed by atoms with Crippen molar-refractivity contribution in [3.63, 3.8) is 0 Å². The van der Waals surface area contributed by atoms with Gasteiger partial charge < -0.3 is 4.74 Å². The molecule has 0 aromatic carbocycles. The number of carbonyl (C=O) groups excluding carboxylic acids is 1. The van der Waals surface area contributed by atoms with Gasteiger partial charge in [0.25, 0.3) is 0 Å². The van der Waals surface area contributed by atoms with E-state index in [0.29, 0.717) is 12.3 Å². The van der Waals surface area contributed by atoms with Crippen molar-refractivity contribution in [2.24, 2.45) is 11.8 Å². The summed E-state index contributed by atoms with van der Waals surface area (Å²) in [5, 5.41) is 4.42. The number of esters is 1. The van der Waals surface area contributed by atoms with Crippen molar-refractivity contribution in [2.75, 3.05) is 7.11 Å². The van der Waals surface area contributed by atoms with Gasteiger partial charge in [0.1, 0.15) is 0 Å². The summed E-state index contributed by atoms with van der Waals surface area (Å²) in [5.74, 6) is 0.514. The molecule has 0 bridgehead atoms. The van der Waals surface area contributed by atoms with E-state index in [9.17, 15) is 4.79 Å². The van der Waals surface area contributed by atoms with Crippen LogP contribution >= 0.6 is 28.4 Å². The van der Waals surface area contributed by atoms with E-state index in [-0.39, 0.29) is 17.8 Å². The fraction of sp³-hybridized carbons (Fsp3) is 0.556. The van der Waals surface area contributed by atoms with Crippen molar-refractivity contribution in [3.8, 4) is 0 Å². The van der Waals surface area contributed by atoms with E-state index < -0.39 is 0 Å². The fourth-order valence-corrected chi connectivity index (χ4v) is 3.07. The van der Waals surface area contributed by atoms with E-state index in [0.717, 1.165) is 5.69 Å². The highest BCUT2D eigenvalue weighted by Gasteiger charge is 2.54. The Kier molecular flexibility index (Phi) is 3.30. The maximum Gasteiger partial charge on any atom is 0.309 e. The third kappa shape index (κ3) is 2.04. The zero-order valence-electron chi connectivity index (χ0n) is 8.48. The van der Waals surface area contributed by atoms with E-state index in [2.05, 4.69) is 34.1 Å². The largest absolute Gasteiger partial charge is 0.469 e. The fourth-order valence-electron chi connectivity index (χ4n) is 1.98. The van der Waals surface area contributed by atoms with Crippen LogP contribution in [-0.4, -0.2) is 22.6 Å². The zero-order chi connectivity index (χ0) is 11.0. The lowest BCUT2D eigenvalue weighted by Crippen LogP contribution is -2.04. The topological polar surface area (TPSA) is 44.1 Å². The van der Waals surface area contributed by atoms with Gasteiger partial charge in [0.2, 0.25) is 0 Å². The van der Waals surface area contributed by atoms with Crippen LogP contribution in [0.4, 0.5) is 0 Å². The number of hydrogen-bond acceptors (Lipinski definition) is 3. The third-order valence-electron chi connectivity index (χ3n) is 2.89. The van der Waals surface area contributed by atoms with Crippen molar-refractivity contribution in [3.05, 3.63) is 18.0 Å². The lowest BCUT2D eigenvalue weighted by Gasteiger charge is -1.95. The number of carbonyl (C=O) groups is 1. The van der Waals surface area contributed by atoms with Crippen molar-refractivity contribution in [1.82, 2.24) is 9.55 Å². The third-order valence-corrected chi connectivity index (χ3v) is 4.80. The van der Waals surface area contributed by atoms with E-state index in [1.807, 2.05) is 16.7 Å². The molecule has 6 heteroatoms. The van der Waals surface area contributed by atoms with Crippen molar-refractivity contribution in [2.45, 2.75) is 12.8 Å². The molecule has 15 heavy (non-hydrogen) atoms. The van der Waals surface area contributed by atoms with Gasteiger partial charge >= 0.3 is 5.97 Å². The number of halogens is 1. The molecule has 0 amide bonds. The molecule has 4 nitrogen and oxygen atoms in total. The Balaban J connectivity index is 2.10. The molecule has 0 N–H and O–H groups in total. The van der Waals surface area contributed by atoms with Crippen LogP contribution in [-0.2, 0) is 9.53 Å². The van der Waals surface area contributed by atoms with Gasteiger partial charge in [-0.3, -0.25) is 4.79 Å². The first-order valence-electron chi connectivity index (χ1n) is 4.69. The second kappa shape index (κ2) is 4.37. The number of methoxy groups -OCH3 is 1. The Morgan fingerprint density at radius 2 is 2.47 bits per heavy atom. The molecule has 1 saturated carbocycles. The molecule has 1 aromatic rings. The van der Waals surface area contributed by atoms with Crippen LogP contribution in [0.25, 0.3) is 0 Å². The van der Waals surface area contributed by atoms with E-state index >= 15 is 0 Å². The molecule has 0 radical (unpaired) electrons. The Labute approximate surface area is 103 Å². The lowest BCUT2D eigenvalue weighted by atomic mass is 10.2. The standard InChI is InChI=1S/C9H12IN2O2P/c1-5-7(8(5)9(13)14-2)6-3-4-12(11-6)15-10/h3-5,7-8,15H,1-2H3/t5?,7-,8+/m1/s1. The molecule has 0 spiro atoms. The Bertz CT molecular complexity index is 382. The molecule has 1 aromatic heterocycles. The second-order valence-corrected chi connectivity index (χ2v) is 5.78. The summed E-state index contributed by atoms with van der Waals surface area (Å²) in [6.45, 7) is 2.07. The number of hydrogen-bond donors (Lipinski definition) is 0. The molecule has 1 heterocycles. The Hall–Kier alpha value is -0.160. The molecule has 82 valence electrons. The van der Waals surface area contributed by atoms with E-state index in [1.165, 1.54) is 7.11 Å². The average Bonchev–Trinajstić information content (AvgIpc) is 2.73. The van der Waals surface area contributed by atoms with E-state index in [1.54, 1.807) is 0 Å². The minimum Gasteiger partial charge on any atom is -0.469 e. The maximum absolute atomic E-state index is 11.4. The Morgan fingerprint density at radius 1 is 1.73 bits per heavy atom. The van der Waals surface area contributed by atoms with Gasteiger partial charge in [0, 0.05) is 12.1 Å². The monoisotopic (exact) mass is 338 g/mol. The minimum atomic E-state index is -0.112. The summed E-state index contributed by atoms with van der Waals surface area (Å²) in [6.07, 6.45) is 2.57.